The molecule has 3 saturated carbocycles. The second-order valence-corrected chi connectivity index (χ2v) is 9.43. The predicted octanol–water partition coefficient (Wildman–Crippen LogP) is 3.72. The summed E-state index contributed by atoms with van der Waals surface area (Å²) in [5.74, 6) is 2.91. The molecule has 0 spiro atoms. The molecule has 3 N–H and O–H groups in total. The van der Waals surface area contributed by atoms with Crippen LogP contribution in [-0.2, 0) is 0 Å². The highest BCUT2D eigenvalue weighted by Crippen LogP contribution is 2.54. The first-order valence-corrected chi connectivity index (χ1v) is 10.1. The molecule has 130 valence electrons. The van der Waals surface area contributed by atoms with Gasteiger partial charge in [-0.25, -0.2) is 0 Å². The maximum Gasteiger partial charge on any atom is 0.129 e. The van der Waals surface area contributed by atoms with Crippen molar-refractivity contribution in [2.75, 3.05) is 0 Å². The Balaban J connectivity index is 1.67. The first-order chi connectivity index (χ1) is 11.0. The Bertz CT molecular complexity index is 496. The summed E-state index contributed by atoms with van der Waals surface area (Å²) in [4.78, 5) is 4.74. The molecule has 3 nitrogen and oxygen atoms in total. The molecule has 3 fully saturated rings. The van der Waals surface area contributed by atoms with Gasteiger partial charge in [0.25, 0.3) is 0 Å². The lowest BCUT2D eigenvalue weighted by Gasteiger charge is -2.51. The molecule has 0 amide bonds. The molecule has 0 bridgehead atoms. The largest absolute Gasteiger partial charge is 0.385 e. The van der Waals surface area contributed by atoms with Crippen LogP contribution in [0.15, 0.2) is 4.99 Å². The fourth-order valence-corrected chi connectivity index (χ4v) is 6.79. The van der Waals surface area contributed by atoms with Crippen LogP contribution in [-0.4, -0.2) is 28.0 Å². The molecule has 4 aliphatic rings. The predicted molar refractivity (Wildman–Crippen MR) is 94.7 cm³/mol. The van der Waals surface area contributed by atoms with Crippen molar-refractivity contribution in [1.82, 2.24) is 0 Å². The molecule has 4 heteroatoms. The van der Waals surface area contributed by atoms with Crippen LogP contribution >= 0.6 is 11.6 Å². The van der Waals surface area contributed by atoms with Gasteiger partial charge in [-0.15, -0.1) is 11.6 Å². The Kier molecular flexibility index (Phi) is 4.16. The molecule has 3 aliphatic carbocycles. The van der Waals surface area contributed by atoms with E-state index in [1.165, 1.54) is 32.1 Å². The van der Waals surface area contributed by atoms with Crippen molar-refractivity contribution in [2.45, 2.75) is 81.7 Å². The molecule has 8 unspecified atom stereocenters. The third kappa shape index (κ3) is 2.54. The van der Waals surface area contributed by atoms with Crippen molar-refractivity contribution >= 4 is 17.4 Å². The van der Waals surface area contributed by atoms with Crippen LogP contribution in [0.25, 0.3) is 0 Å². The van der Waals surface area contributed by atoms with Crippen LogP contribution in [0.3, 0.4) is 0 Å². The Morgan fingerprint density at radius 3 is 2.70 bits per heavy atom. The number of fused-ring (bicyclic) bond motifs is 2. The lowest BCUT2D eigenvalue weighted by molar-refractivity contribution is -0.0770. The Labute approximate surface area is 145 Å². The van der Waals surface area contributed by atoms with Gasteiger partial charge >= 0.3 is 0 Å². The number of hydrogen-bond donors (Lipinski definition) is 2. The van der Waals surface area contributed by atoms with Crippen molar-refractivity contribution in [3.05, 3.63) is 0 Å². The second kappa shape index (κ2) is 5.91. The molecule has 0 aromatic heterocycles. The topological polar surface area (TPSA) is 58.6 Å². The molecule has 0 saturated heterocycles. The standard InChI is InChI=1S/C19H31ClN2O/c1-11-6-7-17-16(8-11)19(23,18(21)22-17)15-10-13(20)9-12-4-2-3-5-14(12)15/h11-17,23H,2-10H2,1H3,(H2,21,22). The summed E-state index contributed by atoms with van der Waals surface area (Å²) in [5.41, 5.74) is 5.48. The van der Waals surface area contributed by atoms with Crippen LogP contribution in [0.2, 0.25) is 0 Å². The number of halogens is 1. The van der Waals surface area contributed by atoms with Gasteiger partial charge in [0.1, 0.15) is 11.4 Å². The normalized spacial score (nSPS) is 53.3. The van der Waals surface area contributed by atoms with E-state index in [0.717, 1.165) is 25.7 Å². The van der Waals surface area contributed by atoms with Crippen LogP contribution in [0.4, 0.5) is 0 Å². The summed E-state index contributed by atoms with van der Waals surface area (Å²) in [6, 6.07) is 0.244. The number of nitrogens with two attached hydrogens (primary N) is 1. The summed E-state index contributed by atoms with van der Waals surface area (Å²) in [6.45, 7) is 2.31. The summed E-state index contributed by atoms with van der Waals surface area (Å²) in [5, 5.41) is 12.0. The Morgan fingerprint density at radius 2 is 1.87 bits per heavy atom. The van der Waals surface area contributed by atoms with Crippen LogP contribution in [0.5, 0.6) is 0 Å². The molecule has 23 heavy (non-hydrogen) atoms. The third-order valence-electron chi connectivity index (χ3n) is 7.47. The Hall–Kier alpha value is -0.280. The fourth-order valence-electron chi connectivity index (χ4n) is 6.37. The Morgan fingerprint density at radius 1 is 1.09 bits per heavy atom. The van der Waals surface area contributed by atoms with E-state index in [1.54, 1.807) is 0 Å². The molecule has 1 aliphatic heterocycles. The highest BCUT2D eigenvalue weighted by Gasteiger charge is 2.59. The minimum atomic E-state index is -0.896. The van der Waals surface area contributed by atoms with E-state index in [1.807, 2.05) is 0 Å². The molecule has 8 atom stereocenters. The lowest BCUT2D eigenvalue weighted by Crippen LogP contribution is -2.59. The first kappa shape index (κ1) is 16.2. The SMILES string of the molecule is CC1CCC2N=C(N)C(O)(C3CC(Cl)CC4CCCCC43)C2C1. The van der Waals surface area contributed by atoms with Gasteiger partial charge in [-0.05, 0) is 62.2 Å². The molecular weight excluding hydrogens is 308 g/mol. The maximum absolute atomic E-state index is 11.8. The zero-order valence-electron chi connectivity index (χ0n) is 14.3. The van der Waals surface area contributed by atoms with Crippen molar-refractivity contribution in [3.63, 3.8) is 0 Å². The van der Waals surface area contributed by atoms with E-state index in [9.17, 15) is 5.11 Å². The molecule has 1 heterocycles. The van der Waals surface area contributed by atoms with Crippen molar-refractivity contribution in [2.24, 2.45) is 40.3 Å². The summed E-state index contributed by atoms with van der Waals surface area (Å²) < 4.78 is 0. The van der Waals surface area contributed by atoms with Gasteiger partial charge in [0, 0.05) is 11.3 Å². The van der Waals surface area contributed by atoms with Gasteiger partial charge in [-0.3, -0.25) is 4.99 Å². The molecule has 0 aromatic carbocycles. The van der Waals surface area contributed by atoms with E-state index in [4.69, 9.17) is 22.3 Å². The van der Waals surface area contributed by atoms with Gasteiger partial charge in [-0.2, -0.15) is 0 Å². The van der Waals surface area contributed by atoms with Crippen LogP contribution in [0, 0.1) is 29.6 Å². The highest BCUT2D eigenvalue weighted by molar-refractivity contribution is 6.20. The zero-order chi connectivity index (χ0) is 16.2. The number of aliphatic hydroxyl groups is 1. The number of nitrogens with zero attached hydrogens (tertiary/aromatic N) is 1. The second-order valence-electron chi connectivity index (χ2n) is 8.82. The van der Waals surface area contributed by atoms with Gasteiger partial charge in [-0.1, -0.05) is 26.2 Å². The van der Waals surface area contributed by atoms with Crippen molar-refractivity contribution < 1.29 is 5.11 Å². The van der Waals surface area contributed by atoms with Gasteiger partial charge in [0.2, 0.25) is 0 Å². The van der Waals surface area contributed by atoms with Gasteiger partial charge < -0.3 is 10.8 Å². The number of rotatable bonds is 1. The van der Waals surface area contributed by atoms with Crippen molar-refractivity contribution in [3.8, 4) is 0 Å². The van der Waals surface area contributed by atoms with E-state index < -0.39 is 5.60 Å². The minimum Gasteiger partial charge on any atom is -0.385 e. The highest BCUT2D eigenvalue weighted by atomic mass is 35.5. The number of hydrogen-bond acceptors (Lipinski definition) is 3. The molecule has 0 aromatic rings. The van der Waals surface area contributed by atoms with E-state index in [2.05, 4.69) is 6.92 Å². The van der Waals surface area contributed by atoms with Gasteiger partial charge in [0.15, 0.2) is 0 Å². The average Bonchev–Trinajstić information content (AvgIpc) is 2.79. The maximum atomic E-state index is 11.8. The smallest absolute Gasteiger partial charge is 0.129 e. The van der Waals surface area contributed by atoms with E-state index >= 15 is 0 Å². The molecule has 4 rings (SSSR count). The lowest BCUT2D eigenvalue weighted by atomic mass is 9.56. The monoisotopic (exact) mass is 338 g/mol. The van der Waals surface area contributed by atoms with Crippen LogP contribution in [0.1, 0.15) is 64.7 Å². The molecular formula is C19H31ClN2O. The van der Waals surface area contributed by atoms with E-state index in [-0.39, 0.29) is 23.3 Å². The summed E-state index contributed by atoms with van der Waals surface area (Å²) >= 11 is 6.63. The number of amidine groups is 1. The molecule has 0 radical (unpaired) electrons. The average molecular weight is 339 g/mol. The summed E-state index contributed by atoms with van der Waals surface area (Å²) in [6.07, 6.45) is 10.5. The minimum absolute atomic E-state index is 0.191. The zero-order valence-corrected chi connectivity index (χ0v) is 15.0. The van der Waals surface area contributed by atoms with Crippen molar-refractivity contribution in [1.29, 1.82) is 0 Å². The van der Waals surface area contributed by atoms with E-state index in [0.29, 0.717) is 23.6 Å². The quantitative estimate of drug-likeness (QED) is 0.716. The summed E-state index contributed by atoms with van der Waals surface area (Å²) in [7, 11) is 0. The van der Waals surface area contributed by atoms with Gasteiger partial charge in [0.05, 0.1) is 6.04 Å². The fraction of sp³-hybridized carbons (Fsp3) is 0.947. The first-order valence-electron chi connectivity index (χ1n) is 9.70. The number of aliphatic imine (C=N–C) groups is 1. The van der Waals surface area contributed by atoms with Crippen LogP contribution < -0.4 is 5.73 Å². The third-order valence-corrected chi connectivity index (χ3v) is 7.83. The number of alkyl halides is 1.